The number of amides is 3. The van der Waals surface area contributed by atoms with Gasteiger partial charge in [-0.1, -0.05) is 0 Å². The van der Waals surface area contributed by atoms with E-state index in [0.29, 0.717) is 5.56 Å². The van der Waals surface area contributed by atoms with Gasteiger partial charge in [-0.05, 0) is 19.1 Å². The standard InChI is InChI=1S/C7H9NO3.C6H7N3O/c1-5(9)4-8-6(10)2-3-7(8)11;7-9-6(10)5-2-1-3-8-4-5/h2-4H2,1H3;1-4H,7H2,(H,9,10). The SMILES string of the molecule is CC(=O)CN1C(=O)CCC1=O.NNC(=O)c1cccnc1. The molecule has 8 nitrogen and oxygen atoms in total. The molecule has 21 heavy (non-hydrogen) atoms. The second-order valence-electron chi connectivity index (χ2n) is 4.29. The van der Waals surface area contributed by atoms with E-state index in [4.69, 9.17) is 5.84 Å². The van der Waals surface area contributed by atoms with Crippen molar-refractivity contribution in [2.24, 2.45) is 5.84 Å². The van der Waals surface area contributed by atoms with Crippen molar-refractivity contribution in [3.05, 3.63) is 30.1 Å². The molecular weight excluding hydrogens is 276 g/mol. The lowest BCUT2D eigenvalue weighted by molar-refractivity contribution is -0.141. The maximum atomic E-state index is 10.9. The number of ketones is 1. The van der Waals surface area contributed by atoms with Crippen molar-refractivity contribution in [1.82, 2.24) is 15.3 Å². The molecule has 112 valence electrons. The number of nitrogens with two attached hydrogens (primary N) is 1. The van der Waals surface area contributed by atoms with Gasteiger partial charge in [-0.15, -0.1) is 0 Å². The first-order chi connectivity index (χ1) is 9.95. The van der Waals surface area contributed by atoms with Crippen molar-refractivity contribution >= 4 is 23.5 Å². The molecule has 0 aliphatic carbocycles. The summed E-state index contributed by atoms with van der Waals surface area (Å²) in [4.78, 5) is 47.8. The Morgan fingerprint density at radius 2 is 1.95 bits per heavy atom. The van der Waals surface area contributed by atoms with Crippen LogP contribution < -0.4 is 11.3 Å². The second kappa shape index (κ2) is 7.85. The van der Waals surface area contributed by atoms with Crippen molar-refractivity contribution in [2.45, 2.75) is 19.8 Å². The molecule has 8 heteroatoms. The Hall–Kier alpha value is -2.61. The van der Waals surface area contributed by atoms with Crippen molar-refractivity contribution in [3.63, 3.8) is 0 Å². The smallest absolute Gasteiger partial charge is 0.266 e. The number of nitrogens with zero attached hydrogens (tertiary/aromatic N) is 2. The molecule has 1 aromatic heterocycles. The van der Waals surface area contributed by atoms with Crippen LogP contribution in [0.5, 0.6) is 0 Å². The van der Waals surface area contributed by atoms with Crippen LogP contribution in [0.4, 0.5) is 0 Å². The van der Waals surface area contributed by atoms with Crippen LogP contribution in [0.25, 0.3) is 0 Å². The molecule has 0 radical (unpaired) electrons. The minimum atomic E-state index is -0.326. The summed E-state index contributed by atoms with van der Waals surface area (Å²) in [7, 11) is 0. The average molecular weight is 292 g/mol. The topological polar surface area (TPSA) is 122 Å². The Labute approximate surface area is 121 Å². The normalized spacial score (nSPS) is 13.5. The molecule has 0 bridgehead atoms. The highest BCUT2D eigenvalue weighted by Gasteiger charge is 2.29. The summed E-state index contributed by atoms with van der Waals surface area (Å²) < 4.78 is 0. The van der Waals surface area contributed by atoms with Crippen LogP contribution in [-0.2, 0) is 14.4 Å². The summed E-state index contributed by atoms with van der Waals surface area (Å²) in [6, 6.07) is 3.31. The monoisotopic (exact) mass is 292 g/mol. The minimum absolute atomic E-state index is 0.0579. The fourth-order valence-electron chi connectivity index (χ4n) is 1.60. The van der Waals surface area contributed by atoms with Crippen molar-refractivity contribution in [1.29, 1.82) is 0 Å². The summed E-state index contributed by atoms with van der Waals surface area (Å²) in [6.45, 7) is 1.30. The first-order valence-corrected chi connectivity index (χ1v) is 6.19. The molecule has 0 atom stereocenters. The number of hydrazine groups is 1. The molecule has 1 saturated heterocycles. The van der Waals surface area contributed by atoms with E-state index in [-0.39, 0.29) is 42.9 Å². The van der Waals surface area contributed by atoms with Crippen LogP contribution >= 0.6 is 0 Å². The van der Waals surface area contributed by atoms with E-state index in [1.54, 1.807) is 18.3 Å². The molecule has 2 rings (SSSR count). The number of carbonyl (C=O) groups is 4. The van der Waals surface area contributed by atoms with Gasteiger partial charge in [-0.25, -0.2) is 5.84 Å². The summed E-state index contributed by atoms with van der Waals surface area (Å²) in [5.74, 6) is 3.93. The van der Waals surface area contributed by atoms with E-state index in [1.807, 2.05) is 5.43 Å². The first kappa shape index (κ1) is 16.4. The minimum Gasteiger partial charge on any atom is -0.298 e. The zero-order chi connectivity index (χ0) is 15.8. The zero-order valence-corrected chi connectivity index (χ0v) is 11.5. The van der Waals surface area contributed by atoms with Gasteiger partial charge in [0.25, 0.3) is 5.91 Å². The lowest BCUT2D eigenvalue weighted by Gasteiger charge is -2.09. The molecule has 0 spiro atoms. The molecule has 1 aliphatic heterocycles. The fourth-order valence-corrected chi connectivity index (χ4v) is 1.60. The highest BCUT2D eigenvalue weighted by molar-refractivity contribution is 6.04. The van der Waals surface area contributed by atoms with Crippen molar-refractivity contribution < 1.29 is 19.2 Å². The van der Waals surface area contributed by atoms with Crippen LogP contribution in [0.15, 0.2) is 24.5 Å². The number of nitrogen functional groups attached to an aromatic ring is 1. The van der Waals surface area contributed by atoms with Crippen LogP contribution in [-0.4, -0.2) is 39.9 Å². The summed E-state index contributed by atoms with van der Waals surface area (Å²) in [5.41, 5.74) is 2.47. The van der Waals surface area contributed by atoms with Gasteiger partial charge in [0.2, 0.25) is 11.8 Å². The van der Waals surface area contributed by atoms with Gasteiger partial charge >= 0.3 is 0 Å². The Bertz CT molecular complexity index is 528. The number of hydrogen-bond donors (Lipinski definition) is 2. The maximum Gasteiger partial charge on any atom is 0.266 e. The Morgan fingerprint density at radius 1 is 1.33 bits per heavy atom. The van der Waals surface area contributed by atoms with E-state index in [9.17, 15) is 19.2 Å². The van der Waals surface area contributed by atoms with E-state index < -0.39 is 0 Å². The molecule has 3 amide bonds. The lowest BCUT2D eigenvalue weighted by Crippen LogP contribution is -2.33. The van der Waals surface area contributed by atoms with Crippen LogP contribution in [0.1, 0.15) is 30.1 Å². The number of carbonyl (C=O) groups excluding carboxylic acids is 4. The molecule has 1 aromatic rings. The zero-order valence-electron chi connectivity index (χ0n) is 11.5. The lowest BCUT2D eigenvalue weighted by atomic mass is 10.3. The van der Waals surface area contributed by atoms with Gasteiger partial charge in [0.15, 0.2) is 0 Å². The largest absolute Gasteiger partial charge is 0.298 e. The van der Waals surface area contributed by atoms with Gasteiger partial charge < -0.3 is 0 Å². The summed E-state index contributed by atoms with van der Waals surface area (Å²) in [6.07, 6.45) is 3.55. The van der Waals surface area contributed by atoms with Crippen molar-refractivity contribution in [2.75, 3.05) is 6.54 Å². The number of Topliss-reactive ketones (excluding diaryl/α,β-unsaturated/α-hetero) is 1. The van der Waals surface area contributed by atoms with Gasteiger partial charge in [0, 0.05) is 25.2 Å². The number of imide groups is 1. The van der Waals surface area contributed by atoms with Gasteiger partial charge in [-0.2, -0.15) is 0 Å². The number of hydrogen-bond acceptors (Lipinski definition) is 6. The Kier molecular flexibility index (Phi) is 6.15. The van der Waals surface area contributed by atoms with E-state index in [2.05, 4.69) is 4.98 Å². The highest BCUT2D eigenvalue weighted by Crippen LogP contribution is 2.10. The first-order valence-electron chi connectivity index (χ1n) is 6.19. The van der Waals surface area contributed by atoms with Gasteiger partial charge in [-0.3, -0.25) is 34.5 Å². The molecule has 2 heterocycles. The molecule has 1 fully saturated rings. The number of aromatic nitrogens is 1. The fraction of sp³-hybridized carbons (Fsp3) is 0.308. The highest BCUT2D eigenvalue weighted by atomic mass is 16.2. The van der Waals surface area contributed by atoms with Crippen LogP contribution in [0.3, 0.4) is 0 Å². The number of pyridine rings is 1. The molecule has 0 saturated carbocycles. The number of nitrogens with one attached hydrogen (secondary N) is 1. The van der Waals surface area contributed by atoms with Crippen LogP contribution in [0, 0.1) is 0 Å². The van der Waals surface area contributed by atoms with Crippen molar-refractivity contribution in [3.8, 4) is 0 Å². The third-order valence-corrected chi connectivity index (χ3v) is 2.59. The number of rotatable bonds is 3. The molecule has 3 N–H and O–H groups in total. The predicted octanol–water partition coefficient (Wildman–Crippen LogP) is -0.590. The van der Waals surface area contributed by atoms with Gasteiger partial charge in [0.05, 0.1) is 12.1 Å². The third-order valence-electron chi connectivity index (χ3n) is 2.59. The predicted molar refractivity (Wildman–Crippen MR) is 72.5 cm³/mol. The summed E-state index contributed by atoms with van der Waals surface area (Å²) >= 11 is 0. The Balaban J connectivity index is 0.000000211. The molecule has 0 aromatic carbocycles. The molecular formula is C13H16N4O4. The third kappa shape index (κ3) is 5.11. The molecule has 1 aliphatic rings. The number of likely N-dealkylation sites (tertiary alicyclic amines) is 1. The van der Waals surface area contributed by atoms with Crippen LogP contribution in [0.2, 0.25) is 0 Å². The van der Waals surface area contributed by atoms with E-state index >= 15 is 0 Å². The average Bonchev–Trinajstić information content (AvgIpc) is 2.79. The van der Waals surface area contributed by atoms with Gasteiger partial charge in [0.1, 0.15) is 5.78 Å². The second-order valence-corrected chi connectivity index (χ2v) is 4.29. The maximum absolute atomic E-state index is 10.9. The quantitative estimate of drug-likeness (QED) is 0.332. The Morgan fingerprint density at radius 3 is 2.38 bits per heavy atom. The van der Waals surface area contributed by atoms with E-state index in [0.717, 1.165) is 4.90 Å². The summed E-state index contributed by atoms with van der Waals surface area (Å²) in [5, 5.41) is 0. The van der Waals surface area contributed by atoms with E-state index in [1.165, 1.54) is 13.1 Å². The molecule has 0 unspecified atom stereocenters.